The van der Waals surface area contributed by atoms with Crippen LogP contribution < -0.4 is 10.0 Å². The lowest BCUT2D eigenvalue weighted by atomic mass is 10.5. The number of likely N-dealkylation sites (N-methyl/N-ethyl adjacent to an activating group) is 1. The van der Waals surface area contributed by atoms with E-state index in [4.69, 9.17) is 4.74 Å². The number of nitrogens with one attached hydrogen (secondary N) is 2. The number of nitrogens with zero attached hydrogens (tertiary/aromatic N) is 1. The second-order valence-electron chi connectivity index (χ2n) is 4.47. The molecule has 0 saturated carbocycles. The van der Waals surface area contributed by atoms with Crippen LogP contribution in [0.5, 0.6) is 0 Å². The van der Waals surface area contributed by atoms with Gasteiger partial charge in [0.2, 0.25) is 10.0 Å². The van der Waals surface area contributed by atoms with E-state index in [9.17, 15) is 8.42 Å². The Kier molecular flexibility index (Phi) is 9.57. The van der Waals surface area contributed by atoms with Crippen LogP contribution in [0.4, 0.5) is 0 Å². The van der Waals surface area contributed by atoms with E-state index in [1.165, 1.54) is 0 Å². The molecule has 110 valence electrons. The van der Waals surface area contributed by atoms with Crippen molar-refractivity contribution < 1.29 is 13.2 Å². The maximum absolute atomic E-state index is 11.8. The van der Waals surface area contributed by atoms with Gasteiger partial charge in [-0.2, -0.15) is 0 Å². The average Bonchev–Trinajstić information content (AvgIpc) is 2.30. The van der Waals surface area contributed by atoms with Crippen LogP contribution >= 0.6 is 0 Å². The molecule has 0 aromatic rings. The van der Waals surface area contributed by atoms with Gasteiger partial charge in [0, 0.05) is 19.6 Å². The first-order chi connectivity index (χ1) is 8.40. The quantitative estimate of drug-likeness (QED) is 0.499. The van der Waals surface area contributed by atoms with Crippen LogP contribution in [0, 0.1) is 0 Å². The highest BCUT2D eigenvalue weighted by Gasteiger charge is 2.18. The topological polar surface area (TPSA) is 70.7 Å². The smallest absolute Gasteiger partial charge is 0.215 e. The van der Waals surface area contributed by atoms with Crippen LogP contribution in [0.25, 0.3) is 0 Å². The molecule has 0 fully saturated rings. The van der Waals surface area contributed by atoms with Crippen LogP contribution in [0.2, 0.25) is 0 Å². The predicted octanol–water partition coefficient (Wildman–Crippen LogP) is -0.518. The van der Waals surface area contributed by atoms with Gasteiger partial charge in [0.05, 0.1) is 18.5 Å². The molecule has 0 aliphatic rings. The van der Waals surface area contributed by atoms with Crippen molar-refractivity contribution in [1.82, 2.24) is 14.9 Å². The van der Waals surface area contributed by atoms with Gasteiger partial charge in [0.25, 0.3) is 0 Å². The van der Waals surface area contributed by atoms with Gasteiger partial charge < -0.3 is 15.0 Å². The zero-order chi connectivity index (χ0) is 14.0. The SMILES string of the molecule is CCNCC(C)S(=O)(=O)NCCOCCN(C)C. The Labute approximate surface area is 111 Å². The third-order valence-electron chi connectivity index (χ3n) is 2.44. The molecule has 0 aliphatic heterocycles. The summed E-state index contributed by atoms with van der Waals surface area (Å²) in [6, 6.07) is 0. The second kappa shape index (κ2) is 9.69. The molecule has 6 nitrogen and oxygen atoms in total. The Morgan fingerprint density at radius 1 is 1.28 bits per heavy atom. The highest BCUT2D eigenvalue weighted by atomic mass is 32.2. The van der Waals surface area contributed by atoms with E-state index in [2.05, 4.69) is 10.0 Å². The van der Waals surface area contributed by atoms with Crippen molar-refractivity contribution in [2.45, 2.75) is 19.1 Å². The summed E-state index contributed by atoms with van der Waals surface area (Å²) in [7, 11) is 0.695. The third-order valence-corrected chi connectivity index (χ3v) is 4.28. The highest BCUT2D eigenvalue weighted by Crippen LogP contribution is 1.96. The predicted molar refractivity (Wildman–Crippen MR) is 74.3 cm³/mol. The van der Waals surface area contributed by atoms with Gasteiger partial charge in [-0.05, 0) is 27.6 Å². The van der Waals surface area contributed by atoms with Gasteiger partial charge in [-0.15, -0.1) is 0 Å². The van der Waals surface area contributed by atoms with Crippen LogP contribution in [0.1, 0.15) is 13.8 Å². The normalized spacial score (nSPS) is 14.1. The van der Waals surface area contributed by atoms with E-state index in [1.54, 1.807) is 6.92 Å². The lowest BCUT2D eigenvalue weighted by Gasteiger charge is -2.14. The first-order valence-corrected chi connectivity index (χ1v) is 7.86. The third kappa shape index (κ3) is 8.82. The molecule has 0 bridgehead atoms. The Morgan fingerprint density at radius 2 is 1.94 bits per heavy atom. The fraction of sp³-hybridized carbons (Fsp3) is 1.00. The van der Waals surface area contributed by atoms with Crippen LogP contribution in [0.3, 0.4) is 0 Å². The fourth-order valence-electron chi connectivity index (χ4n) is 1.20. The molecule has 1 unspecified atom stereocenters. The number of rotatable bonds is 11. The van der Waals surface area contributed by atoms with Crippen molar-refractivity contribution in [3.8, 4) is 0 Å². The van der Waals surface area contributed by atoms with Crippen molar-refractivity contribution in [2.24, 2.45) is 0 Å². The number of hydrogen-bond donors (Lipinski definition) is 2. The summed E-state index contributed by atoms with van der Waals surface area (Å²) in [6.45, 7) is 7.06. The van der Waals surface area contributed by atoms with E-state index in [1.807, 2.05) is 25.9 Å². The number of sulfonamides is 1. The Balaban J connectivity index is 3.70. The van der Waals surface area contributed by atoms with Gasteiger partial charge >= 0.3 is 0 Å². The highest BCUT2D eigenvalue weighted by molar-refractivity contribution is 7.90. The molecule has 0 saturated heterocycles. The monoisotopic (exact) mass is 281 g/mol. The molecular weight excluding hydrogens is 254 g/mol. The number of ether oxygens (including phenoxy) is 1. The van der Waals surface area contributed by atoms with Gasteiger partial charge in [0.15, 0.2) is 0 Å². The maximum atomic E-state index is 11.8. The summed E-state index contributed by atoms with van der Waals surface area (Å²) < 4.78 is 31.4. The summed E-state index contributed by atoms with van der Waals surface area (Å²) in [5.41, 5.74) is 0. The van der Waals surface area contributed by atoms with Crippen molar-refractivity contribution >= 4 is 10.0 Å². The zero-order valence-electron chi connectivity index (χ0n) is 11.9. The van der Waals surface area contributed by atoms with E-state index in [0.717, 1.165) is 13.1 Å². The molecule has 0 rings (SSSR count). The van der Waals surface area contributed by atoms with Gasteiger partial charge in [0.1, 0.15) is 0 Å². The lowest BCUT2D eigenvalue weighted by Crippen LogP contribution is -2.40. The fourth-order valence-corrected chi connectivity index (χ4v) is 2.19. The summed E-state index contributed by atoms with van der Waals surface area (Å²) >= 11 is 0. The van der Waals surface area contributed by atoms with Crippen molar-refractivity contribution in [2.75, 3.05) is 53.5 Å². The Morgan fingerprint density at radius 3 is 2.50 bits per heavy atom. The largest absolute Gasteiger partial charge is 0.379 e. The van der Waals surface area contributed by atoms with Crippen LogP contribution in [-0.2, 0) is 14.8 Å². The average molecular weight is 281 g/mol. The van der Waals surface area contributed by atoms with Crippen molar-refractivity contribution in [3.63, 3.8) is 0 Å². The minimum Gasteiger partial charge on any atom is -0.379 e. The Hall–Kier alpha value is -0.210. The summed E-state index contributed by atoms with van der Waals surface area (Å²) in [4.78, 5) is 2.02. The van der Waals surface area contributed by atoms with E-state index in [-0.39, 0.29) is 0 Å². The molecule has 0 aromatic heterocycles. The van der Waals surface area contributed by atoms with E-state index < -0.39 is 15.3 Å². The molecule has 2 N–H and O–H groups in total. The zero-order valence-corrected chi connectivity index (χ0v) is 12.7. The van der Waals surface area contributed by atoms with Gasteiger partial charge in [-0.1, -0.05) is 6.92 Å². The van der Waals surface area contributed by atoms with Crippen LogP contribution in [-0.4, -0.2) is 72.1 Å². The minimum absolute atomic E-state index is 0.326. The molecule has 0 amide bonds. The van der Waals surface area contributed by atoms with E-state index in [0.29, 0.717) is 26.3 Å². The molecule has 0 aliphatic carbocycles. The maximum Gasteiger partial charge on any atom is 0.215 e. The van der Waals surface area contributed by atoms with Crippen molar-refractivity contribution in [1.29, 1.82) is 0 Å². The lowest BCUT2D eigenvalue weighted by molar-refractivity contribution is 0.122. The minimum atomic E-state index is -3.24. The summed E-state index contributed by atoms with van der Waals surface area (Å²) in [5, 5.41) is 2.59. The number of hydrogen-bond acceptors (Lipinski definition) is 5. The Bertz CT molecular complexity index is 294. The molecule has 18 heavy (non-hydrogen) atoms. The molecular formula is C11H27N3O3S. The summed E-state index contributed by atoms with van der Waals surface area (Å²) in [6.07, 6.45) is 0. The molecule has 7 heteroatoms. The van der Waals surface area contributed by atoms with Crippen molar-refractivity contribution in [3.05, 3.63) is 0 Å². The molecule has 1 atom stereocenters. The van der Waals surface area contributed by atoms with E-state index >= 15 is 0 Å². The first-order valence-electron chi connectivity index (χ1n) is 6.31. The standard InChI is InChI=1S/C11H27N3O3S/c1-5-12-10-11(2)18(15,16)13-6-8-17-9-7-14(3)4/h11-13H,5-10H2,1-4H3. The first kappa shape index (κ1) is 17.8. The van der Waals surface area contributed by atoms with Crippen LogP contribution in [0.15, 0.2) is 0 Å². The second-order valence-corrected chi connectivity index (χ2v) is 6.66. The molecule has 0 radical (unpaired) electrons. The molecule has 0 aromatic carbocycles. The van der Waals surface area contributed by atoms with Gasteiger partial charge in [-0.25, -0.2) is 13.1 Å². The molecule has 0 heterocycles. The molecule has 0 spiro atoms. The summed E-state index contributed by atoms with van der Waals surface area (Å²) in [5.74, 6) is 0. The van der Waals surface area contributed by atoms with Gasteiger partial charge in [-0.3, -0.25) is 0 Å².